The van der Waals surface area contributed by atoms with Crippen molar-refractivity contribution in [3.05, 3.63) is 0 Å². The zero-order valence-corrected chi connectivity index (χ0v) is 13.2. The van der Waals surface area contributed by atoms with Gasteiger partial charge in [0.05, 0.1) is 23.1 Å². The molecule has 3 unspecified atom stereocenters. The summed E-state index contributed by atoms with van der Waals surface area (Å²) in [6.07, 6.45) is 3.16. The number of thiocarbonyl (C=S) groups is 1. The van der Waals surface area contributed by atoms with Crippen LogP contribution in [-0.4, -0.2) is 54.2 Å². The summed E-state index contributed by atoms with van der Waals surface area (Å²) < 4.78 is 5.83. The van der Waals surface area contributed by atoms with Crippen molar-refractivity contribution in [2.24, 2.45) is 11.1 Å². The molecule has 2 fully saturated rings. The first kappa shape index (κ1) is 15.7. The molecule has 0 aromatic heterocycles. The van der Waals surface area contributed by atoms with E-state index in [1.54, 1.807) is 6.92 Å². The molecule has 0 aromatic carbocycles. The van der Waals surface area contributed by atoms with Crippen LogP contribution in [0.5, 0.6) is 0 Å². The highest BCUT2D eigenvalue weighted by Gasteiger charge is 2.36. The topological polar surface area (TPSA) is 67.6 Å². The van der Waals surface area contributed by atoms with E-state index in [4.69, 9.17) is 22.7 Å². The predicted octanol–water partition coefficient (Wildman–Crippen LogP) is 0.668. The van der Waals surface area contributed by atoms with E-state index in [9.17, 15) is 4.79 Å². The lowest BCUT2D eigenvalue weighted by molar-refractivity contribution is -0.128. The standard InChI is InChI=1S/C14H25N3O2S/c1-3-14(2,12(15)20)13(18)16-7-11-8-17-6-4-5-10(17)9-19-11/h10-11H,3-9H2,1-2H3,(H2,15,20)(H,16,18). The molecule has 0 bridgehead atoms. The highest BCUT2D eigenvalue weighted by Crippen LogP contribution is 2.24. The SMILES string of the molecule is CCC(C)(C(=O)NCC1CN2CCCC2CO1)C(N)=S. The fraction of sp³-hybridized carbons (Fsp3) is 0.857. The Morgan fingerprint density at radius 1 is 1.60 bits per heavy atom. The van der Waals surface area contributed by atoms with E-state index in [-0.39, 0.29) is 17.0 Å². The molecule has 0 aliphatic carbocycles. The molecule has 114 valence electrons. The molecule has 1 amide bonds. The zero-order chi connectivity index (χ0) is 14.8. The molecule has 2 rings (SSSR count). The molecule has 0 radical (unpaired) electrons. The molecule has 0 spiro atoms. The van der Waals surface area contributed by atoms with Crippen LogP contribution in [0.4, 0.5) is 0 Å². The van der Waals surface area contributed by atoms with Gasteiger partial charge in [0.1, 0.15) is 0 Å². The van der Waals surface area contributed by atoms with Crippen molar-refractivity contribution in [3.8, 4) is 0 Å². The van der Waals surface area contributed by atoms with Gasteiger partial charge < -0.3 is 15.8 Å². The van der Waals surface area contributed by atoms with Gasteiger partial charge in [-0.3, -0.25) is 9.69 Å². The Kier molecular flexibility index (Phi) is 4.99. The minimum atomic E-state index is -0.764. The van der Waals surface area contributed by atoms with Crippen LogP contribution in [0.15, 0.2) is 0 Å². The molecule has 3 N–H and O–H groups in total. The Morgan fingerprint density at radius 3 is 3.00 bits per heavy atom. The van der Waals surface area contributed by atoms with Gasteiger partial charge in [-0.2, -0.15) is 0 Å². The first-order valence-electron chi connectivity index (χ1n) is 7.41. The number of morpholine rings is 1. The zero-order valence-electron chi connectivity index (χ0n) is 12.4. The van der Waals surface area contributed by atoms with E-state index >= 15 is 0 Å². The van der Waals surface area contributed by atoms with Gasteiger partial charge in [-0.05, 0) is 32.7 Å². The average molecular weight is 299 g/mol. The van der Waals surface area contributed by atoms with Gasteiger partial charge in [-0.25, -0.2) is 0 Å². The largest absolute Gasteiger partial charge is 0.392 e. The number of nitrogens with one attached hydrogen (secondary N) is 1. The summed E-state index contributed by atoms with van der Waals surface area (Å²) in [4.78, 5) is 15.0. The Hall–Kier alpha value is -0.720. The summed E-state index contributed by atoms with van der Waals surface area (Å²) in [5, 5.41) is 2.95. The molecule has 2 aliphatic rings. The lowest BCUT2D eigenvalue weighted by atomic mass is 9.86. The summed E-state index contributed by atoms with van der Waals surface area (Å²) in [5.41, 5.74) is 4.93. The molecule has 0 saturated carbocycles. The first-order chi connectivity index (χ1) is 9.47. The van der Waals surface area contributed by atoms with Crippen LogP contribution in [0, 0.1) is 5.41 Å². The Balaban J connectivity index is 1.83. The smallest absolute Gasteiger partial charge is 0.232 e. The second-order valence-electron chi connectivity index (χ2n) is 6.01. The van der Waals surface area contributed by atoms with Gasteiger partial charge in [0.15, 0.2) is 0 Å². The van der Waals surface area contributed by atoms with Crippen LogP contribution >= 0.6 is 12.2 Å². The quantitative estimate of drug-likeness (QED) is 0.730. The fourth-order valence-electron chi connectivity index (χ4n) is 2.86. The summed E-state index contributed by atoms with van der Waals surface area (Å²) in [7, 11) is 0. The van der Waals surface area contributed by atoms with Crippen LogP contribution < -0.4 is 11.1 Å². The Bertz CT molecular complexity index is 391. The minimum absolute atomic E-state index is 0.0701. The number of hydrogen-bond acceptors (Lipinski definition) is 4. The molecule has 2 saturated heterocycles. The van der Waals surface area contributed by atoms with E-state index < -0.39 is 5.41 Å². The summed E-state index contributed by atoms with van der Waals surface area (Å²) in [6.45, 7) is 7.08. The average Bonchev–Trinajstić information content (AvgIpc) is 2.90. The fourth-order valence-corrected chi connectivity index (χ4v) is 3.09. The maximum Gasteiger partial charge on any atom is 0.232 e. The highest BCUT2D eigenvalue weighted by molar-refractivity contribution is 7.80. The molecule has 6 heteroatoms. The third kappa shape index (κ3) is 3.13. The molecule has 2 heterocycles. The third-order valence-corrected chi connectivity index (χ3v) is 5.15. The van der Waals surface area contributed by atoms with Crippen LogP contribution in [0.25, 0.3) is 0 Å². The van der Waals surface area contributed by atoms with Crippen LogP contribution in [0.1, 0.15) is 33.1 Å². The van der Waals surface area contributed by atoms with E-state index in [1.165, 1.54) is 12.8 Å². The van der Waals surface area contributed by atoms with Crippen molar-refractivity contribution >= 4 is 23.1 Å². The third-order valence-electron chi connectivity index (χ3n) is 4.70. The van der Waals surface area contributed by atoms with E-state index in [0.29, 0.717) is 19.0 Å². The normalized spacial score (nSPS) is 29.5. The van der Waals surface area contributed by atoms with Gasteiger partial charge in [0.25, 0.3) is 0 Å². The first-order valence-corrected chi connectivity index (χ1v) is 7.82. The van der Waals surface area contributed by atoms with Gasteiger partial charge in [0, 0.05) is 19.1 Å². The summed E-state index contributed by atoms with van der Waals surface area (Å²) >= 11 is 5.02. The van der Waals surface area contributed by atoms with Gasteiger partial charge in [-0.1, -0.05) is 19.1 Å². The summed E-state index contributed by atoms with van der Waals surface area (Å²) in [6, 6.07) is 0.583. The van der Waals surface area contributed by atoms with E-state index in [1.807, 2.05) is 6.92 Å². The van der Waals surface area contributed by atoms with E-state index in [0.717, 1.165) is 19.7 Å². The minimum Gasteiger partial charge on any atom is -0.392 e. The van der Waals surface area contributed by atoms with Crippen LogP contribution in [0.2, 0.25) is 0 Å². The maximum absolute atomic E-state index is 12.3. The molecular formula is C14H25N3O2S. The number of nitrogens with two attached hydrogens (primary N) is 1. The Labute approximate surface area is 126 Å². The van der Waals surface area contributed by atoms with E-state index in [2.05, 4.69) is 10.2 Å². The lowest BCUT2D eigenvalue weighted by Gasteiger charge is -2.36. The van der Waals surface area contributed by atoms with Crippen molar-refractivity contribution in [3.63, 3.8) is 0 Å². The van der Waals surface area contributed by atoms with Crippen molar-refractivity contribution in [1.29, 1.82) is 0 Å². The molecule has 0 aromatic rings. The van der Waals surface area contributed by atoms with Gasteiger partial charge >= 0.3 is 0 Å². The predicted molar refractivity (Wildman–Crippen MR) is 82.5 cm³/mol. The van der Waals surface area contributed by atoms with Crippen LogP contribution in [-0.2, 0) is 9.53 Å². The molecule has 20 heavy (non-hydrogen) atoms. The molecule has 2 aliphatic heterocycles. The number of ether oxygens (including phenoxy) is 1. The number of carbonyl (C=O) groups is 1. The molecule has 5 nitrogen and oxygen atoms in total. The van der Waals surface area contributed by atoms with Gasteiger partial charge in [-0.15, -0.1) is 0 Å². The van der Waals surface area contributed by atoms with Crippen LogP contribution in [0.3, 0.4) is 0 Å². The maximum atomic E-state index is 12.3. The second-order valence-corrected chi connectivity index (χ2v) is 6.45. The monoisotopic (exact) mass is 299 g/mol. The van der Waals surface area contributed by atoms with Crippen molar-refractivity contribution in [2.45, 2.75) is 45.3 Å². The molecule has 3 atom stereocenters. The number of nitrogens with zero attached hydrogens (tertiary/aromatic N) is 1. The van der Waals surface area contributed by atoms with Crippen molar-refractivity contribution < 1.29 is 9.53 Å². The second kappa shape index (κ2) is 6.37. The van der Waals surface area contributed by atoms with Crippen molar-refractivity contribution in [2.75, 3.05) is 26.2 Å². The summed E-state index contributed by atoms with van der Waals surface area (Å²) in [5.74, 6) is -0.0976. The number of fused-ring (bicyclic) bond motifs is 1. The van der Waals surface area contributed by atoms with Crippen molar-refractivity contribution in [1.82, 2.24) is 10.2 Å². The number of rotatable bonds is 5. The molecular weight excluding hydrogens is 274 g/mol. The Morgan fingerprint density at radius 2 is 2.35 bits per heavy atom. The number of hydrogen-bond donors (Lipinski definition) is 2. The highest BCUT2D eigenvalue weighted by atomic mass is 32.1. The lowest BCUT2D eigenvalue weighted by Crippen LogP contribution is -2.53. The van der Waals surface area contributed by atoms with Gasteiger partial charge in [0.2, 0.25) is 5.91 Å². The number of carbonyl (C=O) groups excluding carboxylic acids is 1. The number of amides is 1.